The van der Waals surface area contributed by atoms with Crippen LogP contribution < -0.4 is 21.2 Å². The van der Waals surface area contributed by atoms with Gasteiger partial charge in [-0.2, -0.15) is 8.42 Å². The molecule has 1 aromatic heterocycles. The average molecular weight is 360 g/mol. The van der Waals surface area contributed by atoms with Crippen LogP contribution in [0.15, 0.2) is 35.5 Å². The molecular weight excluding hydrogens is 343 g/mol. The summed E-state index contributed by atoms with van der Waals surface area (Å²) in [6.07, 6.45) is 1.20. The fourth-order valence-electron chi connectivity index (χ4n) is 2.54. The van der Waals surface area contributed by atoms with Crippen LogP contribution in [0.1, 0.15) is 22.8 Å². The predicted molar refractivity (Wildman–Crippen MR) is 95.5 cm³/mol. The number of benzene rings is 1. The third-order valence-corrected chi connectivity index (χ3v) is 5.02. The van der Waals surface area contributed by atoms with Gasteiger partial charge in [0.15, 0.2) is 5.03 Å². The number of hydrogen-bond acceptors (Lipinski definition) is 6. The Morgan fingerprint density at radius 3 is 2.96 bits per heavy atom. The number of nitrogens with zero attached hydrogens (tertiary/aromatic N) is 1. The van der Waals surface area contributed by atoms with Gasteiger partial charge < -0.3 is 15.7 Å². The number of hydrogen-bond donors (Lipinski definition) is 3. The second kappa shape index (κ2) is 6.73. The Hall–Kier alpha value is -2.59. The van der Waals surface area contributed by atoms with E-state index in [2.05, 4.69) is 15.0 Å². The minimum atomic E-state index is -4.06. The molecule has 10 heteroatoms. The van der Waals surface area contributed by atoms with Crippen LogP contribution >= 0.6 is 0 Å². The van der Waals surface area contributed by atoms with Gasteiger partial charge >= 0.3 is 7.48 Å². The molecule has 2 aromatic rings. The Labute approximate surface area is 146 Å². The average Bonchev–Trinajstić information content (AvgIpc) is 3.02. The summed E-state index contributed by atoms with van der Waals surface area (Å²) in [5.74, 6) is -0.551. The van der Waals surface area contributed by atoms with E-state index in [9.17, 15) is 13.2 Å². The lowest BCUT2D eigenvalue weighted by molar-refractivity contribution is 0.0952. The largest absolute Gasteiger partial charge is 0.430 e. The molecule has 130 valence electrons. The van der Waals surface area contributed by atoms with Crippen LogP contribution in [0.3, 0.4) is 0 Å². The molecule has 0 spiro atoms. The Bertz CT molecular complexity index is 933. The summed E-state index contributed by atoms with van der Waals surface area (Å²) in [5.41, 5.74) is 8.08. The molecule has 2 heterocycles. The third kappa shape index (κ3) is 3.59. The van der Waals surface area contributed by atoms with Crippen molar-refractivity contribution in [3.8, 4) is 0 Å². The summed E-state index contributed by atoms with van der Waals surface area (Å²) in [6, 6.07) is 6.46. The Kier molecular flexibility index (Phi) is 4.64. The minimum absolute atomic E-state index is 0.0983. The van der Waals surface area contributed by atoms with Crippen molar-refractivity contribution in [2.24, 2.45) is 0 Å². The molecule has 25 heavy (non-hydrogen) atoms. The summed E-state index contributed by atoms with van der Waals surface area (Å²) in [5, 5.41) is 2.19. The Morgan fingerprint density at radius 1 is 1.40 bits per heavy atom. The Morgan fingerprint density at radius 2 is 2.20 bits per heavy atom. The standard InChI is InChI=1S/C15H17BN4O4S/c1-2-18-14(21)12-5-10(17)7-19-15(12)25(22,23)20-11-4-3-9-8-24-16-13(9)6-11/h3-7,16,20H,2,8,17H2,1H3,(H,18,21). The first kappa shape index (κ1) is 17.2. The van der Waals surface area contributed by atoms with Gasteiger partial charge in [-0.1, -0.05) is 6.07 Å². The smallest absolute Gasteiger partial charge is 0.309 e. The predicted octanol–water partition coefficient (Wildman–Crippen LogP) is -0.279. The first-order valence-corrected chi connectivity index (χ1v) is 9.15. The van der Waals surface area contributed by atoms with E-state index in [-0.39, 0.29) is 16.3 Å². The first-order chi connectivity index (χ1) is 11.9. The van der Waals surface area contributed by atoms with E-state index in [0.29, 0.717) is 26.3 Å². The highest BCUT2D eigenvalue weighted by Crippen LogP contribution is 2.20. The van der Waals surface area contributed by atoms with Crippen LogP contribution in [0.2, 0.25) is 0 Å². The van der Waals surface area contributed by atoms with Gasteiger partial charge in [0.1, 0.15) is 0 Å². The van der Waals surface area contributed by atoms with Crippen LogP contribution in [0.5, 0.6) is 0 Å². The van der Waals surface area contributed by atoms with E-state index < -0.39 is 15.9 Å². The normalized spacial score (nSPS) is 13.0. The van der Waals surface area contributed by atoms with Crippen molar-refractivity contribution >= 4 is 40.3 Å². The molecule has 0 radical (unpaired) electrons. The van der Waals surface area contributed by atoms with Gasteiger partial charge in [-0.15, -0.1) is 0 Å². The minimum Gasteiger partial charge on any atom is -0.430 e. The fourth-order valence-corrected chi connectivity index (χ4v) is 3.71. The molecule has 1 aromatic carbocycles. The van der Waals surface area contributed by atoms with Crippen molar-refractivity contribution in [1.29, 1.82) is 0 Å². The van der Waals surface area contributed by atoms with Crippen LogP contribution in [0.25, 0.3) is 0 Å². The topological polar surface area (TPSA) is 123 Å². The van der Waals surface area contributed by atoms with Crippen LogP contribution in [0, 0.1) is 0 Å². The number of sulfonamides is 1. The van der Waals surface area contributed by atoms with E-state index in [1.165, 1.54) is 12.3 Å². The highest BCUT2D eigenvalue weighted by atomic mass is 32.2. The highest BCUT2D eigenvalue weighted by Gasteiger charge is 2.25. The number of nitrogens with one attached hydrogen (secondary N) is 2. The summed E-state index contributed by atoms with van der Waals surface area (Å²) in [6.45, 7) is 2.60. The summed E-state index contributed by atoms with van der Waals surface area (Å²) < 4.78 is 33.2. The molecule has 8 nitrogen and oxygen atoms in total. The van der Waals surface area contributed by atoms with Crippen molar-refractivity contribution < 1.29 is 17.9 Å². The first-order valence-electron chi connectivity index (χ1n) is 7.67. The van der Waals surface area contributed by atoms with Gasteiger partial charge in [0.25, 0.3) is 15.9 Å². The maximum absolute atomic E-state index is 12.7. The van der Waals surface area contributed by atoms with Crippen molar-refractivity contribution in [2.45, 2.75) is 18.6 Å². The molecule has 1 aliphatic heterocycles. The SMILES string of the molecule is CCNC(=O)c1cc(N)cnc1S(=O)(=O)Nc1ccc2c(c1)BOC2. The molecule has 4 N–H and O–H groups in total. The molecule has 1 amide bonds. The lowest BCUT2D eigenvalue weighted by atomic mass is 9.87. The van der Waals surface area contributed by atoms with E-state index >= 15 is 0 Å². The number of pyridine rings is 1. The zero-order chi connectivity index (χ0) is 18.0. The molecule has 0 atom stereocenters. The maximum Gasteiger partial charge on any atom is 0.309 e. The molecule has 3 rings (SSSR count). The number of nitrogens with two attached hydrogens (primary N) is 1. The zero-order valence-corrected chi connectivity index (χ0v) is 14.4. The van der Waals surface area contributed by atoms with Crippen LogP contribution in [-0.4, -0.2) is 33.3 Å². The van der Waals surface area contributed by atoms with E-state index in [0.717, 1.165) is 11.0 Å². The van der Waals surface area contributed by atoms with Crippen LogP contribution in [-0.2, 0) is 21.3 Å². The lowest BCUT2D eigenvalue weighted by Gasteiger charge is -2.12. The number of nitrogen functional groups attached to an aromatic ring is 1. The van der Waals surface area contributed by atoms with Gasteiger partial charge in [0, 0.05) is 12.2 Å². The number of carbonyl (C=O) groups excluding carboxylic acids is 1. The molecule has 0 unspecified atom stereocenters. The van der Waals surface area contributed by atoms with Gasteiger partial charge in [0.2, 0.25) is 0 Å². The van der Waals surface area contributed by atoms with Crippen molar-refractivity contribution in [3.05, 3.63) is 41.6 Å². The second-order valence-electron chi connectivity index (χ2n) is 5.56. The fraction of sp³-hybridized carbons (Fsp3) is 0.200. The number of aromatic nitrogens is 1. The molecule has 0 saturated heterocycles. The number of rotatable bonds is 5. The summed E-state index contributed by atoms with van der Waals surface area (Å²) in [4.78, 5) is 16.0. The third-order valence-electron chi connectivity index (χ3n) is 3.68. The zero-order valence-electron chi connectivity index (χ0n) is 13.6. The number of carbonyl (C=O) groups is 1. The number of fused-ring (bicyclic) bond motifs is 1. The molecule has 0 aliphatic carbocycles. The summed E-state index contributed by atoms with van der Waals surface area (Å²) >= 11 is 0. The molecule has 0 fully saturated rings. The monoisotopic (exact) mass is 360 g/mol. The second-order valence-corrected chi connectivity index (χ2v) is 7.16. The van der Waals surface area contributed by atoms with Gasteiger partial charge in [-0.25, -0.2) is 4.98 Å². The van der Waals surface area contributed by atoms with Crippen molar-refractivity contribution in [2.75, 3.05) is 17.0 Å². The molecule has 1 aliphatic rings. The lowest BCUT2D eigenvalue weighted by Crippen LogP contribution is -2.27. The molecule has 0 saturated carbocycles. The van der Waals surface area contributed by atoms with Crippen molar-refractivity contribution in [1.82, 2.24) is 10.3 Å². The van der Waals surface area contributed by atoms with Gasteiger partial charge in [0.05, 0.1) is 24.1 Å². The Balaban J connectivity index is 1.96. The summed E-state index contributed by atoms with van der Waals surface area (Å²) in [7, 11) is -3.62. The van der Waals surface area contributed by atoms with E-state index in [1.807, 2.05) is 0 Å². The van der Waals surface area contributed by atoms with E-state index in [4.69, 9.17) is 10.4 Å². The molecular formula is C15H17BN4O4S. The van der Waals surface area contributed by atoms with Crippen LogP contribution in [0.4, 0.5) is 11.4 Å². The van der Waals surface area contributed by atoms with E-state index in [1.54, 1.807) is 25.1 Å². The number of anilines is 2. The van der Waals surface area contributed by atoms with Gasteiger partial charge in [-0.05, 0) is 36.1 Å². The number of amides is 1. The highest BCUT2D eigenvalue weighted by molar-refractivity contribution is 7.92. The van der Waals surface area contributed by atoms with Crippen molar-refractivity contribution in [3.63, 3.8) is 0 Å². The van der Waals surface area contributed by atoms with Gasteiger partial charge in [-0.3, -0.25) is 9.52 Å². The molecule has 0 bridgehead atoms. The quantitative estimate of drug-likeness (QED) is 0.631. The maximum atomic E-state index is 12.7.